The highest BCUT2D eigenvalue weighted by molar-refractivity contribution is 5.87. The third-order valence-corrected chi connectivity index (χ3v) is 4.30. The topological polar surface area (TPSA) is 52.7 Å². The van der Waals surface area contributed by atoms with E-state index < -0.39 is 0 Å². The summed E-state index contributed by atoms with van der Waals surface area (Å²) in [5.74, 6) is -0.298. The number of amides is 2. The van der Waals surface area contributed by atoms with Crippen LogP contribution < -0.4 is 5.32 Å². The highest BCUT2D eigenvalue weighted by atomic mass is 35.5. The van der Waals surface area contributed by atoms with Gasteiger partial charge in [-0.15, -0.1) is 12.4 Å². The third kappa shape index (κ3) is 4.20. The van der Waals surface area contributed by atoms with Crippen molar-refractivity contribution in [2.24, 2.45) is 5.92 Å². The number of hydrogen-bond donors (Lipinski definition) is 1. The maximum atomic E-state index is 13.2. The molecular weight excluding hydrogens is 321 g/mol. The summed E-state index contributed by atoms with van der Waals surface area (Å²) in [7, 11) is 0. The minimum absolute atomic E-state index is 0. The van der Waals surface area contributed by atoms with Gasteiger partial charge in [0, 0.05) is 26.2 Å². The Kier molecular flexibility index (Phi) is 5.96. The van der Waals surface area contributed by atoms with Crippen LogP contribution in [-0.4, -0.2) is 54.3 Å². The van der Waals surface area contributed by atoms with Crippen molar-refractivity contribution in [1.29, 1.82) is 0 Å². The number of nitrogens with zero attached hydrogens (tertiary/aromatic N) is 2. The van der Waals surface area contributed by atoms with Crippen molar-refractivity contribution in [3.63, 3.8) is 0 Å². The van der Waals surface area contributed by atoms with E-state index in [0.717, 1.165) is 18.5 Å². The Morgan fingerprint density at radius 1 is 1.35 bits per heavy atom. The minimum Gasteiger partial charge on any atom is -0.335 e. The van der Waals surface area contributed by atoms with Crippen LogP contribution in [0.1, 0.15) is 12.0 Å². The molecule has 5 nitrogen and oxygen atoms in total. The molecule has 2 amide bonds. The highest BCUT2D eigenvalue weighted by Gasteiger charge is 2.32. The molecule has 1 unspecified atom stereocenters. The van der Waals surface area contributed by atoms with Crippen LogP contribution in [0.25, 0.3) is 0 Å². The number of benzene rings is 1. The van der Waals surface area contributed by atoms with Gasteiger partial charge in [0.2, 0.25) is 11.8 Å². The largest absolute Gasteiger partial charge is 0.335 e. The predicted molar refractivity (Wildman–Crippen MR) is 86.6 cm³/mol. The first-order chi connectivity index (χ1) is 10.6. The molecule has 23 heavy (non-hydrogen) atoms. The maximum absolute atomic E-state index is 13.2. The van der Waals surface area contributed by atoms with Crippen molar-refractivity contribution in [2.75, 3.05) is 32.7 Å². The number of nitrogens with one attached hydrogen (secondary N) is 1. The number of piperazine rings is 1. The fourth-order valence-electron chi connectivity index (χ4n) is 3.04. The molecule has 126 valence electrons. The van der Waals surface area contributed by atoms with Crippen molar-refractivity contribution in [2.45, 2.75) is 13.0 Å². The average Bonchev–Trinajstić information content (AvgIpc) is 3.03. The van der Waals surface area contributed by atoms with Crippen LogP contribution in [0.2, 0.25) is 0 Å². The van der Waals surface area contributed by atoms with Gasteiger partial charge in [0.15, 0.2) is 0 Å². The zero-order chi connectivity index (χ0) is 15.5. The second kappa shape index (κ2) is 7.75. The summed E-state index contributed by atoms with van der Waals surface area (Å²) in [6, 6.07) is 6.27. The van der Waals surface area contributed by atoms with Gasteiger partial charge in [0.1, 0.15) is 5.82 Å². The molecule has 3 rings (SSSR count). The zero-order valence-corrected chi connectivity index (χ0v) is 13.7. The molecule has 0 spiro atoms. The lowest BCUT2D eigenvalue weighted by Crippen LogP contribution is -2.53. The summed E-state index contributed by atoms with van der Waals surface area (Å²) in [5, 5.41) is 3.17. The zero-order valence-electron chi connectivity index (χ0n) is 12.8. The number of rotatable bonds is 3. The second-order valence-electron chi connectivity index (χ2n) is 5.89. The van der Waals surface area contributed by atoms with E-state index in [1.165, 1.54) is 12.1 Å². The van der Waals surface area contributed by atoms with Crippen LogP contribution in [0.3, 0.4) is 0 Å². The summed E-state index contributed by atoms with van der Waals surface area (Å²) in [5.41, 5.74) is 0.771. The predicted octanol–water partition coefficient (Wildman–Crippen LogP) is 1.03. The molecule has 0 radical (unpaired) electrons. The molecule has 1 aromatic carbocycles. The minimum atomic E-state index is -0.299. The van der Waals surface area contributed by atoms with Crippen molar-refractivity contribution in [3.05, 3.63) is 35.6 Å². The molecule has 2 heterocycles. The van der Waals surface area contributed by atoms with Crippen LogP contribution in [-0.2, 0) is 16.1 Å². The van der Waals surface area contributed by atoms with Crippen LogP contribution in [0.15, 0.2) is 24.3 Å². The van der Waals surface area contributed by atoms with Gasteiger partial charge in [-0.2, -0.15) is 0 Å². The lowest BCUT2D eigenvalue weighted by molar-refractivity contribution is -0.147. The van der Waals surface area contributed by atoms with E-state index in [9.17, 15) is 14.0 Å². The van der Waals surface area contributed by atoms with Gasteiger partial charge in [-0.1, -0.05) is 12.1 Å². The van der Waals surface area contributed by atoms with E-state index in [2.05, 4.69) is 5.32 Å². The lowest BCUT2D eigenvalue weighted by Gasteiger charge is -2.35. The van der Waals surface area contributed by atoms with E-state index in [4.69, 9.17) is 0 Å². The van der Waals surface area contributed by atoms with E-state index in [0.29, 0.717) is 26.2 Å². The first-order valence-corrected chi connectivity index (χ1v) is 7.65. The summed E-state index contributed by atoms with van der Waals surface area (Å²) in [4.78, 5) is 27.9. The van der Waals surface area contributed by atoms with E-state index in [-0.39, 0.29) is 42.5 Å². The van der Waals surface area contributed by atoms with E-state index >= 15 is 0 Å². The molecule has 0 aliphatic carbocycles. The molecule has 1 atom stereocenters. The van der Waals surface area contributed by atoms with Crippen LogP contribution in [0.4, 0.5) is 4.39 Å². The van der Waals surface area contributed by atoms with Gasteiger partial charge in [-0.3, -0.25) is 9.59 Å². The summed E-state index contributed by atoms with van der Waals surface area (Å²) < 4.78 is 13.2. The standard InChI is InChI=1S/C16H20FN3O2.ClH/c17-14-3-1-2-12(8-14)10-19-6-7-20(11-15(19)21)16(22)13-4-5-18-9-13;/h1-3,8,13,18H,4-7,9-11H2;1H. The molecule has 1 aromatic rings. The molecule has 2 aliphatic heterocycles. The van der Waals surface area contributed by atoms with Crippen LogP contribution >= 0.6 is 12.4 Å². The van der Waals surface area contributed by atoms with Gasteiger partial charge >= 0.3 is 0 Å². The highest BCUT2D eigenvalue weighted by Crippen LogP contribution is 2.16. The average molecular weight is 342 g/mol. The molecular formula is C16H21ClFN3O2. The molecule has 0 aromatic heterocycles. The molecule has 2 aliphatic rings. The maximum Gasteiger partial charge on any atom is 0.242 e. The monoisotopic (exact) mass is 341 g/mol. The molecule has 1 N–H and O–H groups in total. The fourth-order valence-corrected chi connectivity index (χ4v) is 3.04. The van der Waals surface area contributed by atoms with Gasteiger partial charge < -0.3 is 15.1 Å². The van der Waals surface area contributed by atoms with Crippen LogP contribution in [0, 0.1) is 11.7 Å². The first kappa shape index (κ1) is 17.7. The summed E-state index contributed by atoms with van der Waals surface area (Å²) in [6.45, 7) is 3.15. The Morgan fingerprint density at radius 3 is 2.83 bits per heavy atom. The third-order valence-electron chi connectivity index (χ3n) is 4.30. The summed E-state index contributed by atoms with van der Waals surface area (Å²) in [6.07, 6.45) is 0.844. The van der Waals surface area contributed by atoms with Crippen molar-refractivity contribution in [3.8, 4) is 0 Å². The molecule has 2 fully saturated rings. The molecule has 0 saturated carbocycles. The quantitative estimate of drug-likeness (QED) is 0.893. The molecule has 0 bridgehead atoms. The van der Waals surface area contributed by atoms with Crippen LogP contribution in [0.5, 0.6) is 0 Å². The normalized spacial score (nSPS) is 21.3. The number of halogens is 2. The fraction of sp³-hybridized carbons (Fsp3) is 0.500. The van der Waals surface area contributed by atoms with E-state index in [1.807, 2.05) is 0 Å². The van der Waals surface area contributed by atoms with Gasteiger partial charge in [-0.05, 0) is 30.7 Å². The van der Waals surface area contributed by atoms with Crippen molar-refractivity contribution < 1.29 is 14.0 Å². The SMILES string of the molecule is Cl.O=C1CN(C(=O)C2CCNC2)CCN1Cc1cccc(F)c1. The smallest absolute Gasteiger partial charge is 0.242 e. The van der Waals surface area contributed by atoms with Crippen molar-refractivity contribution in [1.82, 2.24) is 15.1 Å². The summed E-state index contributed by atoms with van der Waals surface area (Å²) >= 11 is 0. The van der Waals surface area contributed by atoms with E-state index in [1.54, 1.807) is 21.9 Å². The Balaban J connectivity index is 0.00000192. The Hall–Kier alpha value is -1.66. The first-order valence-electron chi connectivity index (χ1n) is 7.65. The number of carbonyl (C=O) groups excluding carboxylic acids is 2. The number of hydrogen-bond acceptors (Lipinski definition) is 3. The van der Waals surface area contributed by atoms with Gasteiger partial charge in [-0.25, -0.2) is 4.39 Å². The Labute approximate surface area is 141 Å². The van der Waals surface area contributed by atoms with Gasteiger partial charge in [0.25, 0.3) is 0 Å². The Bertz CT molecular complexity index is 578. The number of carbonyl (C=O) groups is 2. The van der Waals surface area contributed by atoms with Crippen molar-refractivity contribution >= 4 is 24.2 Å². The second-order valence-corrected chi connectivity index (χ2v) is 5.89. The molecule has 2 saturated heterocycles. The lowest BCUT2D eigenvalue weighted by atomic mass is 10.1. The Morgan fingerprint density at radius 2 is 2.17 bits per heavy atom. The van der Waals surface area contributed by atoms with Gasteiger partial charge in [0.05, 0.1) is 12.5 Å². The molecule has 7 heteroatoms.